The van der Waals surface area contributed by atoms with Gasteiger partial charge in [0.2, 0.25) is 11.8 Å². The van der Waals surface area contributed by atoms with Crippen molar-refractivity contribution in [1.29, 1.82) is 0 Å². The van der Waals surface area contributed by atoms with E-state index in [9.17, 15) is 9.59 Å². The molecule has 2 N–H and O–H groups in total. The lowest BCUT2D eigenvalue weighted by molar-refractivity contribution is -0.118. The fraction of sp³-hybridized carbons (Fsp3) is 0.278. The molecule has 0 aliphatic heterocycles. The van der Waals surface area contributed by atoms with Crippen LogP contribution in [-0.4, -0.2) is 23.9 Å². The maximum atomic E-state index is 12.1. The molecule has 2 amide bonds. The van der Waals surface area contributed by atoms with Gasteiger partial charge in [0.15, 0.2) is 0 Å². The van der Waals surface area contributed by atoms with E-state index in [0.717, 1.165) is 11.3 Å². The van der Waals surface area contributed by atoms with E-state index in [1.165, 1.54) is 13.3 Å². The van der Waals surface area contributed by atoms with Gasteiger partial charge in [0, 0.05) is 30.4 Å². The number of benzene rings is 1. The van der Waals surface area contributed by atoms with E-state index < -0.39 is 0 Å². The van der Waals surface area contributed by atoms with Gasteiger partial charge in [0.05, 0.1) is 12.7 Å². The third-order valence-electron chi connectivity index (χ3n) is 3.41. The lowest BCUT2D eigenvalue weighted by Gasteiger charge is -2.09. The van der Waals surface area contributed by atoms with Crippen LogP contribution in [0.5, 0.6) is 5.88 Å². The van der Waals surface area contributed by atoms with Gasteiger partial charge in [-0.1, -0.05) is 26.0 Å². The zero-order valence-electron chi connectivity index (χ0n) is 14.0. The van der Waals surface area contributed by atoms with Crippen LogP contribution in [0.15, 0.2) is 42.6 Å². The standard InChI is InChI=1S/C18H21N3O3/c1-12(2)17(22)21-15-7-4-13(5-8-15)10-20-18(23)14-6-9-16(24-3)19-11-14/h4-9,11-12H,10H2,1-3H3,(H,20,23)(H,21,22). The fourth-order valence-corrected chi connectivity index (χ4v) is 1.91. The Morgan fingerprint density at radius 2 is 1.83 bits per heavy atom. The van der Waals surface area contributed by atoms with Crippen molar-refractivity contribution in [2.45, 2.75) is 20.4 Å². The summed E-state index contributed by atoms with van der Waals surface area (Å²) in [5, 5.41) is 5.65. The summed E-state index contributed by atoms with van der Waals surface area (Å²) in [5.74, 6) is 0.165. The smallest absolute Gasteiger partial charge is 0.253 e. The molecule has 0 spiro atoms. The number of hydrogen-bond donors (Lipinski definition) is 2. The number of hydrogen-bond acceptors (Lipinski definition) is 4. The summed E-state index contributed by atoms with van der Waals surface area (Å²) in [6.07, 6.45) is 1.47. The van der Waals surface area contributed by atoms with E-state index in [2.05, 4.69) is 15.6 Å². The van der Waals surface area contributed by atoms with E-state index in [0.29, 0.717) is 18.0 Å². The predicted molar refractivity (Wildman–Crippen MR) is 91.9 cm³/mol. The predicted octanol–water partition coefficient (Wildman–Crippen LogP) is 2.61. The molecule has 1 heterocycles. The van der Waals surface area contributed by atoms with Crippen molar-refractivity contribution < 1.29 is 14.3 Å². The van der Waals surface area contributed by atoms with Gasteiger partial charge < -0.3 is 15.4 Å². The molecule has 1 aromatic carbocycles. The van der Waals surface area contributed by atoms with E-state index in [1.807, 2.05) is 38.1 Å². The van der Waals surface area contributed by atoms with Gasteiger partial charge in [-0.2, -0.15) is 0 Å². The molecule has 0 saturated carbocycles. The second-order valence-corrected chi connectivity index (χ2v) is 5.61. The van der Waals surface area contributed by atoms with Crippen LogP contribution in [0, 0.1) is 5.92 Å². The normalized spacial score (nSPS) is 10.3. The minimum absolute atomic E-state index is 0.0249. The highest BCUT2D eigenvalue weighted by Gasteiger charge is 2.08. The number of nitrogens with zero attached hydrogens (tertiary/aromatic N) is 1. The van der Waals surface area contributed by atoms with Crippen molar-refractivity contribution in [3.63, 3.8) is 0 Å². The Hall–Kier alpha value is -2.89. The van der Waals surface area contributed by atoms with Crippen molar-refractivity contribution in [2.24, 2.45) is 5.92 Å². The van der Waals surface area contributed by atoms with Gasteiger partial charge in [-0.15, -0.1) is 0 Å². The van der Waals surface area contributed by atoms with E-state index in [1.54, 1.807) is 12.1 Å². The minimum atomic E-state index is -0.206. The monoisotopic (exact) mass is 327 g/mol. The lowest BCUT2D eigenvalue weighted by Crippen LogP contribution is -2.23. The molecule has 0 saturated heterocycles. The van der Waals surface area contributed by atoms with Gasteiger partial charge in [-0.3, -0.25) is 9.59 Å². The molecule has 0 radical (unpaired) electrons. The molecular formula is C18H21N3O3. The Bertz CT molecular complexity index is 694. The lowest BCUT2D eigenvalue weighted by atomic mass is 10.1. The van der Waals surface area contributed by atoms with Crippen molar-refractivity contribution in [3.8, 4) is 5.88 Å². The molecule has 0 fully saturated rings. The Kier molecular flexibility index (Phi) is 5.89. The third-order valence-corrected chi connectivity index (χ3v) is 3.41. The highest BCUT2D eigenvalue weighted by atomic mass is 16.5. The molecule has 2 aromatic rings. The number of nitrogens with one attached hydrogen (secondary N) is 2. The van der Waals surface area contributed by atoms with Crippen LogP contribution in [0.4, 0.5) is 5.69 Å². The van der Waals surface area contributed by atoms with E-state index in [4.69, 9.17) is 4.74 Å². The number of ether oxygens (including phenoxy) is 1. The molecule has 6 heteroatoms. The second-order valence-electron chi connectivity index (χ2n) is 5.61. The van der Waals surface area contributed by atoms with E-state index in [-0.39, 0.29) is 17.7 Å². The number of anilines is 1. The molecule has 0 atom stereocenters. The van der Waals surface area contributed by atoms with Crippen LogP contribution in [0.25, 0.3) is 0 Å². The zero-order valence-corrected chi connectivity index (χ0v) is 14.0. The summed E-state index contributed by atoms with van der Waals surface area (Å²) in [6.45, 7) is 4.07. The van der Waals surface area contributed by atoms with Gasteiger partial charge in [0.1, 0.15) is 0 Å². The molecule has 6 nitrogen and oxygen atoms in total. The average molecular weight is 327 g/mol. The first kappa shape index (κ1) is 17.5. The second kappa shape index (κ2) is 8.10. The van der Waals surface area contributed by atoms with Crippen LogP contribution in [0.3, 0.4) is 0 Å². The molecule has 0 aliphatic rings. The zero-order chi connectivity index (χ0) is 17.5. The number of amides is 2. The molecular weight excluding hydrogens is 306 g/mol. The highest BCUT2D eigenvalue weighted by molar-refractivity contribution is 5.94. The SMILES string of the molecule is COc1ccc(C(=O)NCc2ccc(NC(=O)C(C)C)cc2)cn1. The van der Waals surface area contributed by atoms with Crippen molar-refractivity contribution >= 4 is 17.5 Å². The summed E-state index contributed by atoms with van der Waals surface area (Å²) in [7, 11) is 1.52. The first-order valence-electron chi connectivity index (χ1n) is 7.67. The quantitative estimate of drug-likeness (QED) is 0.854. The largest absolute Gasteiger partial charge is 0.481 e. The summed E-state index contributed by atoms with van der Waals surface area (Å²) < 4.78 is 4.96. The maximum absolute atomic E-state index is 12.1. The van der Waals surface area contributed by atoms with Crippen LogP contribution in [0.1, 0.15) is 29.8 Å². The van der Waals surface area contributed by atoms with Gasteiger partial charge in [0.25, 0.3) is 5.91 Å². The number of pyridine rings is 1. The Morgan fingerprint density at radius 3 is 2.38 bits per heavy atom. The number of carbonyl (C=O) groups excluding carboxylic acids is 2. The Balaban J connectivity index is 1.89. The van der Waals surface area contributed by atoms with Crippen molar-refractivity contribution in [1.82, 2.24) is 10.3 Å². The summed E-state index contributed by atoms with van der Waals surface area (Å²) >= 11 is 0. The van der Waals surface area contributed by atoms with Crippen LogP contribution in [-0.2, 0) is 11.3 Å². The van der Waals surface area contributed by atoms with Gasteiger partial charge >= 0.3 is 0 Å². The summed E-state index contributed by atoms with van der Waals surface area (Å²) in [5.41, 5.74) is 2.15. The molecule has 0 unspecified atom stereocenters. The Labute approximate surface area is 141 Å². The average Bonchev–Trinajstić information content (AvgIpc) is 2.60. The molecule has 0 bridgehead atoms. The van der Waals surface area contributed by atoms with Crippen LogP contribution >= 0.6 is 0 Å². The minimum Gasteiger partial charge on any atom is -0.481 e. The first-order valence-corrected chi connectivity index (χ1v) is 7.67. The Morgan fingerprint density at radius 1 is 1.12 bits per heavy atom. The molecule has 2 rings (SSSR count). The molecule has 126 valence electrons. The number of rotatable bonds is 6. The molecule has 24 heavy (non-hydrogen) atoms. The van der Waals surface area contributed by atoms with E-state index >= 15 is 0 Å². The summed E-state index contributed by atoms with van der Waals surface area (Å²) in [4.78, 5) is 27.7. The highest BCUT2D eigenvalue weighted by Crippen LogP contribution is 2.11. The van der Waals surface area contributed by atoms with Gasteiger partial charge in [-0.05, 0) is 23.8 Å². The molecule has 0 aliphatic carbocycles. The molecule has 1 aromatic heterocycles. The number of aromatic nitrogens is 1. The van der Waals surface area contributed by atoms with Crippen LogP contribution < -0.4 is 15.4 Å². The van der Waals surface area contributed by atoms with Gasteiger partial charge in [-0.25, -0.2) is 4.98 Å². The fourth-order valence-electron chi connectivity index (χ4n) is 1.91. The topological polar surface area (TPSA) is 80.3 Å². The first-order chi connectivity index (χ1) is 11.5. The van der Waals surface area contributed by atoms with Crippen molar-refractivity contribution in [2.75, 3.05) is 12.4 Å². The number of carbonyl (C=O) groups is 2. The van der Waals surface area contributed by atoms with Crippen LogP contribution in [0.2, 0.25) is 0 Å². The summed E-state index contributed by atoms with van der Waals surface area (Å²) in [6, 6.07) is 10.7. The maximum Gasteiger partial charge on any atom is 0.253 e. The third kappa shape index (κ3) is 4.81. The van der Waals surface area contributed by atoms with Crippen molar-refractivity contribution in [3.05, 3.63) is 53.7 Å². The number of methoxy groups -OCH3 is 1.